The number of likely N-dealkylation sites (tertiary alicyclic amines) is 1. The first kappa shape index (κ1) is 35.7. The van der Waals surface area contributed by atoms with Crippen molar-refractivity contribution in [3.05, 3.63) is 107 Å². The van der Waals surface area contributed by atoms with Gasteiger partial charge in [0, 0.05) is 44.8 Å². The van der Waals surface area contributed by atoms with Crippen molar-refractivity contribution in [2.45, 2.75) is 88.9 Å². The summed E-state index contributed by atoms with van der Waals surface area (Å²) >= 11 is 6.19. The Labute approximate surface area is 282 Å². The van der Waals surface area contributed by atoms with E-state index in [2.05, 4.69) is 43.3 Å². The minimum absolute atomic E-state index is 0.0648. The molecule has 5 nitrogen and oxygen atoms in total. The number of hydrogen-bond acceptors (Lipinski definition) is 3. The molecule has 0 bridgehead atoms. The van der Waals surface area contributed by atoms with Gasteiger partial charge in [-0.2, -0.15) is 0 Å². The third-order valence-electron chi connectivity index (χ3n) is 9.99. The first-order chi connectivity index (χ1) is 22.3. The first-order valence-electron chi connectivity index (χ1n) is 17.4. The molecule has 1 saturated heterocycles. The smallest absolute Gasteiger partial charge is 0.310 e. The lowest BCUT2D eigenvalue weighted by molar-refractivity contribution is -0.948. The van der Waals surface area contributed by atoms with E-state index in [1.54, 1.807) is 4.90 Å². The lowest BCUT2D eigenvalue weighted by Crippen LogP contribution is -2.57. The number of unbranched alkanes of at least 4 members (excludes halogenated alkanes) is 6. The van der Waals surface area contributed by atoms with Crippen LogP contribution in [0.3, 0.4) is 0 Å². The maximum Gasteiger partial charge on any atom is 0.310 e. The van der Waals surface area contributed by atoms with Gasteiger partial charge in [-0.25, -0.2) is 0 Å². The number of carbonyl (C=O) groups excluding carboxylic acids is 2. The Kier molecular flexibility index (Phi) is 13.7. The van der Waals surface area contributed by atoms with Crippen molar-refractivity contribution in [2.24, 2.45) is 0 Å². The minimum atomic E-state index is -0.855. The molecule has 1 fully saturated rings. The number of hydrogen-bond donors (Lipinski definition) is 0. The van der Waals surface area contributed by atoms with Gasteiger partial charge in [-0.15, -0.1) is 0 Å². The number of likely N-dealkylation sites (N-methyl/N-ethyl adjacent to an activating group) is 1. The molecule has 4 rings (SSSR count). The zero-order valence-electron chi connectivity index (χ0n) is 28.3. The van der Waals surface area contributed by atoms with Gasteiger partial charge in [0.2, 0.25) is 12.6 Å². The van der Waals surface area contributed by atoms with E-state index in [0.29, 0.717) is 30.0 Å². The minimum Gasteiger partial charge on any atom is -0.415 e. The van der Waals surface area contributed by atoms with Crippen LogP contribution in [0, 0.1) is 0 Å². The monoisotopic (exact) mass is 645 g/mol. The third kappa shape index (κ3) is 9.45. The summed E-state index contributed by atoms with van der Waals surface area (Å²) in [4.78, 5) is 29.1. The fourth-order valence-corrected chi connectivity index (χ4v) is 7.28. The van der Waals surface area contributed by atoms with Crippen LogP contribution < -0.4 is 0 Å². The molecule has 0 spiro atoms. The summed E-state index contributed by atoms with van der Waals surface area (Å²) in [6.07, 6.45) is 11.2. The van der Waals surface area contributed by atoms with Crippen molar-refractivity contribution in [3.63, 3.8) is 0 Å². The summed E-state index contributed by atoms with van der Waals surface area (Å²) in [5.41, 5.74) is 2.44. The normalized spacial score (nSPS) is 18.2. The van der Waals surface area contributed by atoms with Crippen LogP contribution in [0.1, 0.15) is 100 Å². The number of nitrogens with zero attached hydrogens (tertiary/aromatic N) is 2. The van der Waals surface area contributed by atoms with Crippen LogP contribution in [0.15, 0.2) is 84.9 Å². The van der Waals surface area contributed by atoms with Gasteiger partial charge in [0.05, 0.1) is 19.6 Å². The summed E-state index contributed by atoms with van der Waals surface area (Å²) < 4.78 is 6.75. The summed E-state index contributed by atoms with van der Waals surface area (Å²) in [6, 6.07) is 28.6. The fraction of sp³-hybridized carbons (Fsp3) is 0.500. The number of quaternary nitrogens is 1. The summed E-state index contributed by atoms with van der Waals surface area (Å²) in [5, 5.41) is 0.751. The van der Waals surface area contributed by atoms with Gasteiger partial charge in [-0.3, -0.25) is 14.1 Å². The van der Waals surface area contributed by atoms with Crippen LogP contribution in [-0.4, -0.2) is 61.7 Å². The Bertz CT molecular complexity index is 1300. The predicted octanol–water partition coefficient (Wildman–Crippen LogP) is 9.14. The van der Waals surface area contributed by atoms with E-state index < -0.39 is 5.41 Å². The van der Waals surface area contributed by atoms with Gasteiger partial charge in [0.15, 0.2) is 0 Å². The molecule has 1 amide bonds. The van der Waals surface area contributed by atoms with Gasteiger partial charge in [-0.1, -0.05) is 130 Å². The van der Waals surface area contributed by atoms with E-state index in [0.717, 1.165) is 61.5 Å². The Morgan fingerprint density at radius 1 is 0.804 bits per heavy atom. The lowest BCUT2D eigenvalue weighted by Gasteiger charge is -2.45. The first-order valence-corrected chi connectivity index (χ1v) is 17.8. The molecule has 248 valence electrons. The molecule has 1 aliphatic rings. The second-order valence-electron chi connectivity index (χ2n) is 13.4. The zero-order chi connectivity index (χ0) is 32.8. The molecule has 0 N–H and O–H groups in total. The number of halogens is 1. The fourth-order valence-electron chi connectivity index (χ4n) is 7.15. The number of amides is 1. The van der Waals surface area contributed by atoms with Gasteiger partial charge in [-0.05, 0) is 41.2 Å². The number of benzene rings is 3. The molecular weight excluding hydrogens is 592 g/mol. The van der Waals surface area contributed by atoms with E-state index in [-0.39, 0.29) is 11.9 Å². The van der Waals surface area contributed by atoms with Gasteiger partial charge in [0.25, 0.3) is 0 Å². The molecule has 0 saturated carbocycles. The highest BCUT2D eigenvalue weighted by atomic mass is 35.5. The predicted molar refractivity (Wildman–Crippen MR) is 189 cm³/mol. The molecule has 3 aromatic carbocycles. The molecule has 0 unspecified atom stereocenters. The quantitative estimate of drug-likeness (QED) is 0.0835. The third-order valence-corrected chi connectivity index (χ3v) is 10.2. The molecule has 46 heavy (non-hydrogen) atoms. The van der Waals surface area contributed by atoms with Crippen LogP contribution in [0.5, 0.6) is 0 Å². The molecule has 6 heteroatoms. The molecule has 0 aromatic heterocycles. The number of carbonyl (C=O) groups is 2. The van der Waals surface area contributed by atoms with Crippen molar-refractivity contribution >= 4 is 23.5 Å². The summed E-state index contributed by atoms with van der Waals surface area (Å²) in [7, 11) is 3.69. The highest BCUT2D eigenvalue weighted by Gasteiger charge is 2.46. The number of rotatable bonds is 17. The van der Waals surface area contributed by atoms with Crippen molar-refractivity contribution in [1.29, 1.82) is 0 Å². The van der Waals surface area contributed by atoms with Gasteiger partial charge in [0.1, 0.15) is 5.41 Å². The van der Waals surface area contributed by atoms with Crippen molar-refractivity contribution < 1.29 is 18.8 Å². The number of piperidine rings is 1. The number of ether oxygens (including phenoxy) is 1. The Morgan fingerprint density at radius 3 is 1.89 bits per heavy atom. The zero-order valence-corrected chi connectivity index (χ0v) is 29.0. The summed E-state index contributed by atoms with van der Waals surface area (Å²) in [5.74, 6) is 0.394. The number of esters is 1. The maximum atomic E-state index is 14.3. The highest BCUT2D eigenvalue weighted by Crippen LogP contribution is 2.40. The van der Waals surface area contributed by atoms with E-state index >= 15 is 0 Å². The standard InChI is InChI=1S/C40H54ClN2O3/c1-4-5-6-7-8-9-16-21-38(44)46-32-43(29-26-34(27-30-43)33-22-24-37(41)25-23-33)31-28-40(39(45)42(2)3,35-17-12-10-13-18-35)36-19-14-11-15-20-36/h10-15,17-20,22-25,34H,4-9,16,21,26-32H2,1-3H3/q+1. The average molecular weight is 646 g/mol. The van der Waals surface area contributed by atoms with Gasteiger partial charge >= 0.3 is 5.97 Å². The van der Waals surface area contributed by atoms with Crippen LogP contribution in [0.2, 0.25) is 5.02 Å². The van der Waals surface area contributed by atoms with Crippen molar-refractivity contribution in [3.8, 4) is 0 Å². The second-order valence-corrected chi connectivity index (χ2v) is 13.9. The van der Waals surface area contributed by atoms with Crippen molar-refractivity contribution in [2.75, 3.05) is 40.5 Å². The van der Waals surface area contributed by atoms with Crippen LogP contribution >= 0.6 is 11.6 Å². The van der Waals surface area contributed by atoms with Crippen LogP contribution in [0.25, 0.3) is 0 Å². The molecule has 0 radical (unpaired) electrons. The van der Waals surface area contributed by atoms with E-state index in [1.165, 1.54) is 37.7 Å². The maximum absolute atomic E-state index is 14.3. The van der Waals surface area contributed by atoms with Crippen LogP contribution in [-0.2, 0) is 19.7 Å². The van der Waals surface area contributed by atoms with E-state index in [1.807, 2.05) is 62.6 Å². The van der Waals surface area contributed by atoms with Crippen LogP contribution in [0.4, 0.5) is 0 Å². The Balaban J connectivity index is 1.55. The second kappa shape index (κ2) is 17.7. The Morgan fingerprint density at radius 2 is 1.35 bits per heavy atom. The Hall–Kier alpha value is -3.15. The van der Waals surface area contributed by atoms with E-state index in [9.17, 15) is 9.59 Å². The molecular formula is C40H54ClN2O3+. The highest BCUT2D eigenvalue weighted by molar-refractivity contribution is 6.30. The molecule has 1 heterocycles. The van der Waals surface area contributed by atoms with Gasteiger partial charge < -0.3 is 9.64 Å². The van der Waals surface area contributed by atoms with Crippen molar-refractivity contribution in [1.82, 2.24) is 4.90 Å². The molecule has 0 aliphatic carbocycles. The average Bonchev–Trinajstić information content (AvgIpc) is 3.09. The topological polar surface area (TPSA) is 46.6 Å². The summed E-state index contributed by atoms with van der Waals surface area (Å²) in [6.45, 7) is 5.07. The molecule has 0 atom stereocenters. The lowest BCUT2D eigenvalue weighted by atomic mass is 9.70. The largest absolute Gasteiger partial charge is 0.415 e. The molecule has 3 aromatic rings. The molecule has 1 aliphatic heterocycles. The SMILES string of the molecule is CCCCCCCCCC(=O)OC[N+]1(CCC(C(=O)N(C)C)(c2ccccc2)c2ccccc2)CCC(c2ccc(Cl)cc2)CC1. The van der Waals surface area contributed by atoms with E-state index in [4.69, 9.17) is 16.3 Å².